The minimum atomic E-state index is -5.08. The number of aliphatic imine (C=N–C) groups is 1. The van der Waals surface area contributed by atoms with Crippen molar-refractivity contribution in [3.8, 4) is 0 Å². The number of carbonyl (C=O) groups excluding carboxylic acids is 1. The molecule has 4 rings (SSSR count). The molecule has 3 N–H and O–H groups in total. The highest BCUT2D eigenvalue weighted by Gasteiger charge is 2.38. The van der Waals surface area contributed by atoms with Crippen LogP contribution in [0, 0.1) is 5.92 Å². The minimum absolute atomic E-state index is 0.0628. The number of nitrogens with one attached hydrogen (secondary N) is 2. The van der Waals surface area contributed by atoms with Crippen molar-refractivity contribution in [1.82, 2.24) is 15.3 Å². The molecule has 0 spiro atoms. The lowest BCUT2D eigenvalue weighted by atomic mass is 9.87. The van der Waals surface area contributed by atoms with Crippen LogP contribution in [0.15, 0.2) is 40.5 Å². The van der Waals surface area contributed by atoms with Gasteiger partial charge in [-0.15, -0.1) is 0 Å². The van der Waals surface area contributed by atoms with Crippen LogP contribution in [0.3, 0.4) is 0 Å². The fraction of sp³-hybridized carbons (Fsp3) is 0.458. The third kappa shape index (κ3) is 8.62. The number of hydrogen-bond acceptors (Lipinski definition) is 8. The maximum absolute atomic E-state index is 13.3. The molecule has 1 fully saturated rings. The van der Waals surface area contributed by atoms with Crippen molar-refractivity contribution in [1.29, 1.82) is 0 Å². The second-order valence-electron chi connectivity index (χ2n) is 9.14. The van der Waals surface area contributed by atoms with E-state index in [-0.39, 0.29) is 15.8 Å². The molecule has 0 radical (unpaired) electrons. The number of carbonyl (C=O) groups is 2. The van der Waals surface area contributed by atoms with Crippen molar-refractivity contribution in [3.63, 3.8) is 0 Å². The van der Waals surface area contributed by atoms with E-state index in [9.17, 15) is 26.4 Å². The first-order valence-electron chi connectivity index (χ1n) is 12.0. The molecule has 39 heavy (non-hydrogen) atoms. The lowest BCUT2D eigenvalue weighted by Gasteiger charge is -2.21. The zero-order chi connectivity index (χ0) is 28.8. The van der Waals surface area contributed by atoms with Crippen molar-refractivity contribution in [2.75, 3.05) is 24.7 Å². The van der Waals surface area contributed by atoms with Crippen LogP contribution in [0.5, 0.6) is 0 Å². The number of benzene rings is 1. The Kier molecular flexibility index (Phi) is 9.88. The van der Waals surface area contributed by atoms with Gasteiger partial charge in [0.1, 0.15) is 11.5 Å². The first kappa shape index (κ1) is 30.3. The Morgan fingerprint density at radius 3 is 2.36 bits per heavy atom. The first-order valence-corrected chi connectivity index (χ1v) is 14.2. The molecule has 10 nitrogen and oxygen atoms in total. The largest absolute Gasteiger partial charge is 0.490 e. The minimum Gasteiger partial charge on any atom is -0.475 e. The molecule has 2 aliphatic rings. The summed E-state index contributed by atoms with van der Waals surface area (Å²) in [6.07, 6.45) is 4.30. The summed E-state index contributed by atoms with van der Waals surface area (Å²) in [5, 5.41) is 13.3. The van der Waals surface area contributed by atoms with Crippen LogP contribution >= 0.6 is 11.6 Å². The Hall–Kier alpha value is -3.26. The summed E-state index contributed by atoms with van der Waals surface area (Å²) < 4.78 is 55.6. The van der Waals surface area contributed by atoms with Crippen molar-refractivity contribution in [3.05, 3.63) is 46.9 Å². The Balaban J connectivity index is 0.000000532. The third-order valence-corrected chi connectivity index (χ3v) is 7.76. The van der Waals surface area contributed by atoms with Gasteiger partial charge in [0.2, 0.25) is 5.91 Å². The summed E-state index contributed by atoms with van der Waals surface area (Å²) in [5.41, 5.74) is 1.33. The van der Waals surface area contributed by atoms with Gasteiger partial charge < -0.3 is 15.7 Å². The van der Waals surface area contributed by atoms with Crippen molar-refractivity contribution < 1.29 is 36.3 Å². The van der Waals surface area contributed by atoms with Crippen molar-refractivity contribution in [2.24, 2.45) is 10.9 Å². The van der Waals surface area contributed by atoms with Crippen LogP contribution in [0.25, 0.3) is 0 Å². The monoisotopic (exact) mass is 589 g/mol. The zero-order valence-electron chi connectivity index (χ0n) is 20.8. The molecular formula is C24H27ClF3N5O5S. The summed E-state index contributed by atoms with van der Waals surface area (Å²) in [7, 11) is -3.44. The Bertz CT molecular complexity index is 1330. The second kappa shape index (κ2) is 12.7. The molecule has 1 amide bonds. The normalized spacial score (nSPS) is 16.5. The topological polar surface area (TPSA) is 151 Å². The van der Waals surface area contributed by atoms with Crippen molar-refractivity contribution in [2.45, 2.75) is 49.1 Å². The Morgan fingerprint density at radius 1 is 1.21 bits per heavy atom. The number of amides is 1. The average Bonchev–Trinajstić information content (AvgIpc) is 3.56. The molecule has 15 heteroatoms. The van der Waals surface area contributed by atoms with Crippen LogP contribution in [0.4, 0.5) is 19.0 Å². The number of hydrogen-bond donors (Lipinski definition) is 3. The predicted molar refractivity (Wildman–Crippen MR) is 138 cm³/mol. The number of carboxylic acid groups (broad SMARTS) is 1. The zero-order valence-corrected chi connectivity index (χ0v) is 22.4. The summed E-state index contributed by atoms with van der Waals surface area (Å²) in [6.45, 7) is 1.48. The maximum Gasteiger partial charge on any atom is 0.490 e. The SMILES string of the molecule is CS(=O)(=O)c1ccc(C(CC2CCCC2)C(=O)Nc2cnc(C3=NCCN3)cn2)cc1Cl.O=C(O)C(F)(F)F. The molecule has 2 heterocycles. The van der Waals surface area contributed by atoms with Gasteiger partial charge in [0.25, 0.3) is 0 Å². The number of nitrogens with zero attached hydrogens (tertiary/aromatic N) is 3. The van der Waals surface area contributed by atoms with Crippen molar-refractivity contribution >= 4 is 45.0 Å². The van der Waals surface area contributed by atoms with Gasteiger partial charge in [-0.05, 0) is 30.0 Å². The summed E-state index contributed by atoms with van der Waals surface area (Å²) in [5.74, 6) is -1.93. The van der Waals surface area contributed by atoms with E-state index in [1.807, 2.05) is 0 Å². The first-order chi connectivity index (χ1) is 18.3. The van der Waals surface area contributed by atoms with Gasteiger partial charge in [0.15, 0.2) is 15.7 Å². The molecule has 1 aromatic heterocycles. The lowest BCUT2D eigenvalue weighted by molar-refractivity contribution is -0.192. The van der Waals surface area contributed by atoms with Gasteiger partial charge in [0.05, 0.1) is 34.8 Å². The van der Waals surface area contributed by atoms with Crippen LogP contribution in [0.1, 0.15) is 49.3 Å². The van der Waals surface area contributed by atoms with Gasteiger partial charge in [-0.25, -0.2) is 23.2 Å². The molecule has 1 aromatic carbocycles. The van der Waals surface area contributed by atoms with Crippen LogP contribution in [-0.2, 0) is 19.4 Å². The standard InChI is InChI=1S/C22H26ClN5O3S.C2HF3O2/c1-32(30,31)19-7-6-15(11-17(19)23)16(10-14-4-2-3-5-14)22(29)28-20-13-26-18(12-27-20)21-24-8-9-25-21;3-2(4,5)1(6)7/h6-7,11-14,16H,2-5,8-10H2,1H3,(H,24,25)(H,27,28,29);(H,6,7). The molecule has 1 atom stereocenters. The molecule has 1 aliphatic heterocycles. The highest BCUT2D eigenvalue weighted by atomic mass is 35.5. The number of anilines is 1. The van der Waals surface area contributed by atoms with Crippen LogP contribution in [-0.4, -0.2) is 66.7 Å². The highest BCUT2D eigenvalue weighted by molar-refractivity contribution is 7.90. The lowest BCUT2D eigenvalue weighted by Crippen LogP contribution is -2.24. The smallest absolute Gasteiger partial charge is 0.475 e. The van der Waals surface area contributed by atoms with E-state index in [0.29, 0.717) is 41.8 Å². The molecule has 1 unspecified atom stereocenters. The summed E-state index contributed by atoms with van der Waals surface area (Å²) >= 11 is 6.27. The maximum atomic E-state index is 13.3. The van der Waals surface area contributed by atoms with E-state index in [0.717, 1.165) is 38.5 Å². The number of rotatable bonds is 7. The average molecular weight is 590 g/mol. The van der Waals surface area contributed by atoms with Gasteiger partial charge in [-0.1, -0.05) is 43.4 Å². The number of sulfone groups is 1. The molecule has 212 valence electrons. The van der Waals surface area contributed by atoms with Gasteiger partial charge in [-0.3, -0.25) is 9.79 Å². The summed E-state index contributed by atoms with van der Waals surface area (Å²) in [4.78, 5) is 35.2. The molecular weight excluding hydrogens is 563 g/mol. The van der Waals surface area contributed by atoms with Crippen LogP contribution < -0.4 is 10.6 Å². The quantitative estimate of drug-likeness (QED) is 0.441. The highest BCUT2D eigenvalue weighted by Crippen LogP contribution is 2.36. The van der Waals surface area contributed by atoms with Gasteiger partial charge >= 0.3 is 12.1 Å². The molecule has 1 saturated carbocycles. The number of alkyl halides is 3. The third-order valence-electron chi connectivity index (χ3n) is 6.18. The Labute approximate surface area is 228 Å². The molecule has 0 bridgehead atoms. The number of carboxylic acids is 1. The fourth-order valence-electron chi connectivity index (χ4n) is 4.31. The van der Waals surface area contributed by atoms with E-state index >= 15 is 0 Å². The molecule has 2 aromatic rings. The van der Waals surface area contributed by atoms with E-state index in [2.05, 4.69) is 25.6 Å². The number of amidine groups is 1. The number of aliphatic carboxylic acids is 1. The number of aromatic nitrogens is 2. The fourth-order valence-corrected chi connectivity index (χ4v) is 5.64. The summed E-state index contributed by atoms with van der Waals surface area (Å²) in [6, 6.07) is 4.75. The molecule has 1 aliphatic carbocycles. The predicted octanol–water partition coefficient (Wildman–Crippen LogP) is 3.82. The van der Waals surface area contributed by atoms with E-state index in [1.165, 1.54) is 12.3 Å². The molecule has 0 saturated heterocycles. The van der Waals surface area contributed by atoms with E-state index in [1.54, 1.807) is 18.3 Å². The van der Waals surface area contributed by atoms with E-state index < -0.39 is 27.9 Å². The number of halogens is 4. The van der Waals surface area contributed by atoms with Crippen LogP contribution in [0.2, 0.25) is 5.02 Å². The van der Waals surface area contributed by atoms with Gasteiger partial charge in [-0.2, -0.15) is 13.2 Å². The Morgan fingerprint density at radius 2 is 1.87 bits per heavy atom. The van der Waals surface area contributed by atoms with E-state index in [4.69, 9.17) is 21.5 Å². The van der Waals surface area contributed by atoms with Gasteiger partial charge in [0, 0.05) is 12.8 Å². The second-order valence-corrected chi connectivity index (χ2v) is 11.5.